The van der Waals surface area contributed by atoms with Gasteiger partial charge in [-0.3, -0.25) is 4.79 Å². The SMILES string of the molecule is CNC(C)c1ccc(SC(C)C(=O)N2CCOCC2)cc1. The molecule has 1 aromatic carbocycles. The summed E-state index contributed by atoms with van der Waals surface area (Å²) >= 11 is 1.62. The first-order valence-electron chi connectivity index (χ1n) is 7.42. The van der Waals surface area contributed by atoms with Crippen LogP contribution in [-0.2, 0) is 9.53 Å². The molecule has 2 atom stereocenters. The second-order valence-corrected chi connectivity index (χ2v) is 6.69. The highest BCUT2D eigenvalue weighted by molar-refractivity contribution is 8.00. The van der Waals surface area contributed by atoms with Crippen LogP contribution < -0.4 is 5.32 Å². The van der Waals surface area contributed by atoms with E-state index in [1.807, 2.05) is 18.9 Å². The Morgan fingerprint density at radius 1 is 1.24 bits per heavy atom. The number of thioether (sulfide) groups is 1. The van der Waals surface area contributed by atoms with E-state index in [0.29, 0.717) is 32.3 Å². The lowest BCUT2D eigenvalue weighted by atomic mass is 10.1. The fraction of sp³-hybridized carbons (Fsp3) is 0.562. The molecule has 1 saturated heterocycles. The summed E-state index contributed by atoms with van der Waals surface area (Å²) in [6, 6.07) is 8.77. The molecule has 0 aromatic heterocycles. The zero-order chi connectivity index (χ0) is 15.2. The Morgan fingerprint density at radius 3 is 2.43 bits per heavy atom. The molecule has 1 aliphatic heterocycles. The summed E-state index contributed by atoms with van der Waals surface area (Å²) in [5, 5.41) is 3.16. The number of carbonyl (C=O) groups excluding carboxylic acids is 1. The van der Waals surface area contributed by atoms with Gasteiger partial charge in [0.05, 0.1) is 18.5 Å². The molecule has 0 spiro atoms. The fourth-order valence-corrected chi connectivity index (χ4v) is 3.25. The van der Waals surface area contributed by atoms with Gasteiger partial charge in [0.25, 0.3) is 0 Å². The summed E-state index contributed by atoms with van der Waals surface area (Å²) in [7, 11) is 1.95. The predicted molar refractivity (Wildman–Crippen MR) is 86.6 cm³/mol. The lowest BCUT2D eigenvalue weighted by Crippen LogP contribution is -2.44. The van der Waals surface area contributed by atoms with Crippen molar-refractivity contribution in [2.75, 3.05) is 33.4 Å². The third kappa shape index (κ3) is 4.46. The van der Waals surface area contributed by atoms with Gasteiger partial charge in [0.2, 0.25) is 5.91 Å². The quantitative estimate of drug-likeness (QED) is 0.848. The standard InChI is InChI=1S/C16H24N2O2S/c1-12(17-3)14-4-6-15(7-5-14)21-13(2)16(19)18-8-10-20-11-9-18/h4-7,12-13,17H,8-11H2,1-3H3. The minimum Gasteiger partial charge on any atom is -0.378 e. The number of carbonyl (C=O) groups is 1. The molecule has 21 heavy (non-hydrogen) atoms. The van der Waals surface area contributed by atoms with Gasteiger partial charge < -0.3 is 15.0 Å². The van der Waals surface area contributed by atoms with Crippen LogP contribution in [0.1, 0.15) is 25.5 Å². The maximum Gasteiger partial charge on any atom is 0.235 e. The van der Waals surface area contributed by atoms with E-state index in [9.17, 15) is 4.79 Å². The summed E-state index contributed by atoms with van der Waals surface area (Å²) < 4.78 is 5.29. The topological polar surface area (TPSA) is 41.6 Å². The second kappa shape index (κ2) is 7.82. The molecule has 0 aliphatic carbocycles. The average Bonchev–Trinajstić information content (AvgIpc) is 2.55. The lowest BCUT2D eigenvalue weighted by molar-refractivity contribution is -0.134. The Hall–Kier alpha value is -1.04. The second-order valence-electron chi connectivity index (χ2n) is 5.28. The molecule has 0 bridgehead atoms. The summed E-state index contributed by atoms with van der Waals surface area (Å²) in [4.78, 5) is 15.4. The third-order valence-corrected chi connectivity index (χ3v) is 4.90. The summed E-state index contributed by atoms with van der Waals surface area (Å²) in [5.41, 5.74) is 1.26. The van der Waals surface area contributed by atoms with Gasteiger partial charge in [-0.25, -0.2) is 0 Å². The van der Waals surface area contributed by atoms with Gasteiger partial charge in [0.1, 0.15) is 0 Å². The van der Waals surface area contributed by atoms with E-state index >= 15 is 0 Å². The molecule has 0 radical (unpaired) electrons. The van der Waals surface area contributed by atoms with E-state index in [1.54, 1.807) is 11.8 Å². The number of hydrogen-bond acceptors (Lipinski definition) is 4. The monoisotopic (exact) mass is 308 g/mol. The van der Waals surface area contributed by atoms with Crippen LogP contribution in [-0.4, -0.2) is 49.4 Å². The van der Waals surface area contributed by atoms with Gasteiger partial charge in [-0.1, -0.05) is 12.1 Å². The summed E-state index contributed by atoms with van der Waals surface area (Å²) in [6.07, 6.45) is 0. The van der Waals surface area contributed by atoms with Crippen molar-refractivity contribution in [1.82, 2.24) is 10.2 Å². The molecule has 116 valence electrons. The number of morpholine rings is 1. The number of ether oxygens (including phenoxy) is 1. The van der Waals surface area contributed by atoms with Gasteiger partial charge in [0.15, 0.2) is 0 Å². The molecule has 4 nitrogen and oxygen atoms in total. The number of nitrogens with zero attached hydrogens (tertiary/aromatic N) is 1. The third-order valence-electron chi connectivity index (χ3n) is 3.80. The van der Waals surface area contributed by atoms with Crippen molar-refractivity contribution in [3.05, 3.63) is 29.8 Å². The molecule has 1 amide bonds. The van der Waals surface area contributed by atoms with Gasteiger partial charge >= 0.3 is 0 Å². The molecular formula is C16H24N2O2S. The Balaban J connectivity index is 1.92. The number of benzene rings is 1. The lowest BCUT2D eigenvalue weighted by Gasteiger charge is -2.29. The maximum atomic E-state index is 12.4. The molecule has 2 unspecified atom stereocenters. The van der Waals surface area contributed by atoms with E-state index < -0.39 is 0 Å². The molecular weight excluding hydrogens is 284 g/mol. The maximum absolute atomic E-state index is 12.4. The largest absolute Gasteiger partial charge is 0.378 e. The highest BCUT2D eigenvalue weighted by Crippen LogP contribution is 2.26. The van der Waals surface area contributed by atoms with Crippen molar-refractivity contribution in [3.63, 3.8) is 0 Å². The molecule has 1 aromatic rings. The smallest absolute Gasteiger partial charge is 0.235 e. The van der Waals surface area contributed by atoms with Crippen molar-refractivity contribution in [3.8, 4) is 0 Å². The van der Waals surface area contributed by atoms with Crippen LogP contribution in [0.3, 0.4) is 0 Å². The number of amides is 1. The number of nitrogens with one attached hydrogen (secondary N) is 1. The van der Waals surface area contributed by atoms with Crippen LogP contribution >= 0.6 is 11.8 Å². The highest BCUT2D eigenvalue weighted by Gasteiger charge is 2.23. The van der Waals surface area contributed by atoms with Gasteiger partial charge in [-0.15, -0.1) is 11.8 Å². The van der Waals surface area contributed by atoms with E-state index in [-0.39, 0.29) is 11.2 Å². The van der Waals surface area contributed by atoms with Crippen molar-refractivity contribution >= 4 is 17.7 Å². The van der Waals surface area contributed by atoms with E-state index in [0.717, 1.165) is 4.90 Å². The van der Waals surface area contributed by atoms with Crippen molar-refractivity contribution in [2.24, 2.45) is 0 Å². The Labute approximate surface area is 131 Å². The number of hydrogen-bond donors (Lipinski definition) is 1. The average molecular weight is 308 g/mol. The van der Waals surface area contributed by atoms with Crippen LogP contribution in [0.2, 0.25) is 0 Å². The van der Waals surface area contributed by atoms with Gasteiger partial charge in [-0.05, 0) is 38.6 Å². The van der Waals surface area contributed by atoms with Crippen molar-refractivity contribution in [1.29, 1.82) is 0 Å². The molecule has 1 heterocycles. The Morgan fingerprint density at radius 2 is 1.86 bits per heavy atom. The number of rotatable bonds is 5. The van der Waals surface area contributed by atoms with Crippen LogP contribution in [0.4, 0.5) is 0 Å². The van der Waals surface area contributed by atoms with Gasteiger partial charge in [-0.2, -0.15) is 0 Å². The molecule has 1 fully saturated rings. The molecule has 2 rings (SSSR count). The minimum atomic E-state index is -0.0596. The Kier molecular flexibility index (Phi) is 6.08. The van der Waals surface area contributed by atoms with Crippen LogP contribution in [0, 0.1) is 0 Å². The highest BCUT2D eigenvalue weighted by atomic mass is 32.2. The molecule has 0 saturated carbocycles. The summed E-state index contributed by atoms with van der Waals surface area (Å²) in [5.74, 6) is 0.205. The molecule has 5 heteroatoms. The normalized spacial score (nSPS) is 18.3. The van der Waals surface area contributed by atoms with E-state index in [2.05, 4.69) is 36.5 Å². The van der Waals surface area contributed by atoms with E-state index in [1.165, 1.54) is 5.56 Å². The van der Waals surface area contributed by atoms with Crippen molar-refractivity contribution < 1.29 is 9.53 Å². The summed E-state index contributed by atoms with van der Waals surface area (Å²) in [6.45, 7) is 6.84. The molecule has 1 aliphatic rings. The van der Waals surface area contributed by atoms with Crippen LogP contribution in [0.25, 0.3) is 0 Å². The zero-order valence-corrected chi connectivity index (χ0v) is 13.8. The van der Waals surface area contributed by atoms with Gasteiger partial charge in [0, 0.05) is 24.0 Å². The Bertz CT molecular complexity index is 458. The van der Waals surface area contributed by atoms with E-state index in [4.69, 9.17) is 4.74 Å². The first kappa shape index (κ1) is 16.3. The van der Waals surface area contributed by atoms with Crippen molar-refractivity contribution in [2.45, 2.75) is 30.0 Å². The first-order chi connectivity index (χ1) is 10.1. The molecule has 1 N–H and O–H groups in total. The minimum absolute atomic E-state index is 0.0596. The predicted octanol–water partition coefficient (Wildman–Crippen LogP) is 2.31. The first-order valence-corrected chi connectivity index (χ1v) is 8.30. The van der Waals surface area contributed by atoms with Crippen LogP contribution in [0.5, 0.6) is 0 Å². The fourth-order valence-electron chi connectivity index (χ4n) is 2.30. The zero-order valence-electron chi connectivity index (χ0n) is 13.0. The van der Waals surface area contributed by atoms with Crippen LogP contribution in [0.15, 0.2) is 29.2 Å².